The highest BCUT2D eigenvalue weighted by atomic mass is 16.3. The van der Waals surface area contributed by atoms with Crippen LogP contribution < -0.4 is 0 Å². The Balaban J connectivity index is 2.81. The lowest BCUT2D eigenvalue weighted by atomic mass is 9.70. The second kappa shape index (κ2) is 4.48. The molecule has 0 spiro atoms. The minimum Gasteiger partial charge on any atom is -0.393 e. The summed E-state index contributed by atoms with van der Waals surface area (Å²) in [6, 6.07) is 0. The fourth-order valence-corrected chi connectivity index (χ4v) is 2.69. The number of rotatable bonds is 3. The van der Waals surface area contributed by atoms with Crippen molar-refractivity contribution in [1.29, 1.82) is 0 Å². The SMILES string of the molecule is CC(=O)CCC1=C(C)C[C@H](O)CC1(C)C. The minimum atomic E-state index is -0.207. The van der Waals surface area contributed by atoms with Crippen molar-refractivity contribution in [3.63, 3.8) is 0 Å². The van der Waals surface area contributed by atoms with Crippen LogP contribution in [0.5, 0.6) is 0 Å². The Bertz CT molecular complexity index is 287. The highest BCUT2D eigenvalue weighted by Gasteiger charge is 2.32. The lowest BCUT2D eigenvalue weighted by molar-refractivity contribution is -0.117. The van der Waals surface area contributed by atoms with Crippen LogP contribution in [0, 0.1) is 5.41 Å². The van der Waals surface area contributed by atoms with Crippen LogP contribution in [0.15, 0.2) is 11.1 Å². The maximum atomic E-state index is 11.0. The van der Waals surface area contributed by atoms with Crippen LogP contribution in [-0.2, 0) is 4.79 Å². The average Bonchev–Trinajstić information content (AvgIpc) is 1.98. The monoisotopic (exact) mass is 210 g/mol. The van der Waals surface area contributed by atoms with Gasteiger partial charge in [-0.15, -0.1) is 0 Å². The predicted octanol–water partition coefficient (Wildman–Crippen LogP) is 2.85. The van der Waals surface area contributed by atoms with E-state index in [2.05, 4.69) is 20.8 Å². The van der Waals surface area contributed by atoms with Gasteiger partial charge in [-0.3, -0.25) is 0 Å². The van der Waals surface area contributed by atoms with Crippen molar-refractivity contribution in [1.82, 2.24) is 0 Å². The van der Waals surface area contributed by atoms with Gasteiger partial charge in [0.1, 0.15) is 5.78 Å². The third-order valence-corrected chi connectivity index (χ3v) is 3.35. The Morgan fingerprint density at radius 3 is 2.60 bits per heavy atom. The van der Waals surface area contributed by atoms with Crippen molar-refractivity contribution < 1.29 is 9.90 Å². The molecule has 0 aromatic rings. The van der Waals surface area contributed by atoms with Crippen LogP contribution in [-0.4, -0.2) is 17.0 Å². The topological polar surface area (TPSA) is 37.3 Å². The lowest BCUT2D eigenvalue weighted by Crippen LogP contribution is -2.29. The van der Waals surface area contributed by atoms with E-state index in [1.54, 1.807) is 6.92 Å². The molecule has 1 N–H and O–H groups in total. The number of carbonyl (C=O) groups is 1. The summed E-state index contributed by atoms with van der Waals surface area (Å²) in [6.07, 6.45) is 2.88. The minimum absolute atomic E-state index is 0.0528. The van der Waals surface area contributed by atoms with E-state index in [0.29, 0.717) is 6.42 Å². The Morgan fingerprint density at radius 2 is 2.13 bits per heavy atom. The van der Waals surface area contributed by atoms with Crippen molar-refractivity contribution in [2.45, 2.75) is 59.5 Å². The Hall–Kier alpha value is -0.630. The second-order valence-corrected chi connectivity index (χ2v) is 5.41. The van der Waals surface area contributed by atoms with Crippen LogP contribution in [0.25, 0.3) is 0 Å². The number of ketones is 1. The van der Waals surface area contributed by atoms with Gasteiger partial charge in [-0.1, -0.05) is 25.0 Å². The molecule has 0 radical (unpaired) electrons. The van der Waals surface area contributed by atoms with Gasteiger partial charge in [-0.05, 0) is 38.5 Å². The molecule has 1 aliphatic rings. The molecule has 15 heavy (non-hydrogen) atoms. The summed E-state index contributed by atoms with van der Waals surface area (Å²) in [6.45, 7) is 8.04. The normalized spacial score (nSPS) is 25.5. The third-order valence-electron chi connectivity index (χ3n) is 3.35. The van der Waals surface area contributed by atoms with Crippen LogP contribution in [0.3, 0.4) is 0 Å². The van der Waals surface area contributed by atoms with Gasteiger partial charge in [0.2, 0.25) is 0 Å². The van der Waals surface area contributed by atoms with Gasteiger partial charge >= 0.3 is 0 Å². The van der Waals surface area contributed by atoms with Gasteiger partial charge in [0.15, 0.2) is 0 Å². The van der Waals surface area contributed by atoms with Crippen molar-refractivity contribution in [3.05, 3.63) is 11.1 Å². The lowest BCUT2D eigenvalue weighted by Gasteiger charge is -2.37. The zero-order valence-electron chi connectivity index (χ0n) is 10.3. The number of hydrogen-bond acceptors (Lipinski definition) is 2. The predicted molar refractivity (Wildman–Crippen MR) is 61.6 cm³/mol. The van der Waals surface area contributed by atoms with Crippen LogP contribution in [0.2, 0.25) is 0 Å². The number of allylic oxidation sites excluding steroid dienone is 1. The Kier molecular flexibility index (Phi) is 3.72. The molecule has 1 aliphatic carbocycles. The number of aliphatic hydroxyl groups is 1. The highest BCUT2D eigenvalue weighted by Crippen LogP contribution is 2.42. The summed E-state index contributed by atoms with van der Waals surface area (Å²) in [5.74, 6) is 0.247. The summed E-state index contributed by atoms with van der Waals surface area (Å²) in [7, 11) is 0. The summed E-state index contributed by atoms with van der Waals surface area (Å²) >= 11 is 0. The molecule has 0 fully saturated rings. The van der Waals surface area contributed by atoms with Gasteiger partial charge < -0.3 is 9.90 Å². The molecule has 86 valence electrons. The molecule has 1 rings (SSSR count). The molecule has 0 saturated carbocycles. The molecular formula is C13H22O2. The Morgan fingerprint density at radius 1 is 1.53 bits per heavy atom. The quantitative estimate of drug-likeness (QED) is 0.727. The van der Waals surface area contributed by atoms with E-state index in [0.717, 1.165) is 19.3 Å². The molecule has 0 aliphatic heterocycles. The zero-order chi connectivity index (χ0) is 11.6. The van der Waals surface area contributed by atoms with E-state index >= 15 is 0 Å². The van der Waals surface area contributed by atoms with E-state index in [4.69, 9.17) is 0 Å². The summed E-state index contributed by atoms with van der Waals surface area (Å²) in [5.41, 5.74) is 2.71. The smallest absolute Gasteiger partial charge is 0.130 e. The maximum Gasteiger partial charge on any atom is 0.130 e. The van der Waals surface area contributed by atoms with Gasteiger partial charge in [-0.2, -0.15) is 0 Å². The van der Waals surface area contributed by atoms with Gasteiger partial charge in [-0.25, -0.2) is 0 Å². The Labute approximate surface area is 92.4 Å². The third kappa shape index (κ3) is 3.16. The molecular weight excluding hydrogens is 188 g/mol. The average molecular weight is 210 g/mol. The van der Waals surface area contributed by atoms with Crippen LogP contribution in [0.4, 0.5) is 0 Å². The standard InChI is InChI=1S/C13H22O2/c1-9-7-11(15)8-13(3,4)12(9)6-5-10(2)14/h11,15H,5-8H2,1-4H3/t11-/m0/s1. The maximum absolute atomic E-state index is 11.0. The number of aliphatic hydroxyl groups excluding tert-OH is 1. The first kappa shape index (κ1) is 12.4. The molecule has 0 bridgehead atoms. The van der Waals surface area contributed by atoms with Crippen molar-refractivity contribution in [2.75, 3.05) is 0 Å². The first-order chi connectivity index (χ1) is 6.83. The first-order valence-electron chi connectivity index (χ1n) is 5.69. The molecule has 0 heterocycles. The largest absolute Gasteiger partial charge is 0.393 e. The summed E-state index contributed by atoms with van der Waals surface area (Å²) in [4.78, 5) is 11.0. The fourth-order valence-electron chi connectivity index (χ4n) is 2.69. The van der Waals surface area contributed by atoms with E-state index < -0.39 is 0 Å². The van der Waals surface area contributed by atoms with E-state index in [1.807, 2.05) is 0 Å². The van der Waals surface area contributed by atoms with Crippen molar-refractivity contribution in [3.8, 4) is 0 Å². The molecule has 0 saturated heterocycles. The molecule has 2 nitrogen and oxygen atoms in total. The van der Waals surface area contributed by atoms with E-state index in [-0.39, 0.29) is 17.3 Å². The van der Waals surface area contributed by atoms with Crippen molar-refractivity contribution in [2.24, 2.45) is 5.41 Å². The number of carbonyl (C=O) groups excluding carboxylic acids is 1. The van der Waals surface area contributed by atoms with E-state index in [1.165, 1.54) is 11.1 Å². The van der Waals surface area contributed by atoms with Crippen LogP contribution >= 0.6 is 0 Å². The molecule has 0 aromatic carbocycles. The van der Waals surface area contributed by atoms with Crippen LogP contribution in [0.1, 0.15) is 53.4 Å². The second-order valence-electron chi connectivity index (χ2n) is 5.41. The highest BCUT2D eigenvalue weighted by molar-refractivity contribution is 5.75. The van der Waals surface area contributed by atoms with Crippen molar-refractivity contribution >= 4 is 5.78 Å². The van der Waals surface area contributed by atoms with Gasteiger partial charge in [0.05, 0.1) is 6.10 Å². The zero-order valence-corrected chi connectivity index (χ0v) is 10.3. The number of Topliss-reactive ketones (excluding diaryl/α,β-unsaturated/α-hetero) is 1. The molecule has 0 aromatic heterocycles. The molecule has 0 amide bonds. The molecule has 0 unspecified atom stereocenters. The molecule has 2 heteroatoms. The first-order valence-corrected chi connectivity index (χ1v) is 5.69. The molecule has 1 atom stereocenters. The van der Waals surface area contributed by atoms with E-state index in [9.17, 15) is 9.90 Å². The fraction of sp³-hybridized carbons (Fsp3) is 0.769. The van der Waals surface area contributed by atoms with Gasteiger partial charge in [0.25, 0.3) is 0 Å². The number of hydrogen-bond donors (Lipinski definition) is 1. The van der Waals surface area contributed by atoms with Gasteiger partial charge in [0, 0.05) is 6.42 Å². The summed E-state index contributed by atoms with van der Waals surface area (Å²) < 4.78 is 0. The summed E-state index contributed by atoms with van der Waals surface area (Å²) in [5, 5.41) is 9.71.